The van der Waals surface area contributed by atoms with Gasteiger partial charge in [0.05, 0.1) is 6.10 Å². The Kier molecular flexibility index (Phi) is 4.30. The first kappa shape index (κ1) is 11.7. The third kappa shape index (κ3) is 3.61. The van der Waals surface area contributed by atoms with E-state index >= 15 is 0 Å². The van der Waals surface area contributed by atoms with Gasteiger partial charge in [0, 0.05) is 25.1 Å². The van der Waals surface area contributed by atoms with E-state index in [4.69, 9.17) is 16.3 Å². The van der Waals surface area contributed by atoms with Crippen LogP contribution in [0, 0.1) is 5.92 Å². The van der Waals surface area contributed by atoms with Crippen LogP contribution in [0.15, 0.2) is 0 Å². The molecule has 1 aliphatic heterocycles. The lowest BCUT2D eigenvalue weighted by molar-refractivity contribution is 0.0908. The minimum atomic E-state index is 0.460. The summed E-state index contributed by atoms with van der Waals surface area (Å²) in [4.78, 5) is 2.44. The molecule has 0 aromatic rings. The molecule has 1 saturated carbocycles. The molecule has 0 bridgehead atoms. The zero-order valence-electron chi connectivity index (χ0n) is 9.62. The van der Waals surface area contributed by atoms with Crippen molar-refractivity contribution in [2.24, 2.45) is 5.92 Å². The number of hydrogen-bond donors (Lipinski definition) is 0. The topological polar surface area (TPSA) is 12.5 Å². The Balaban J connectivity index is 1.54. The highest BCUT2D eigenvalue weighted by Gasteiger charge is 2.28. The monoisotopic (exact) mass is 231 g/mol. The van der Waals surface area contributed by atoms with Crippen molar-refractivity contribution in [1.82, 2.24) is 4.90 Å². The average molecular weight is 232 g/mol. The van der Waals surface area contributed by atoms with Crippen molar-refractivity contribution in [3.05, 3.63) is 0 Å². The summed E-state index contributed by atoms with van der Waals surface area (Å²) in [6.45, 7) is 3.37. The minimum absolute atomic E-state index is 0.460. The van der Waals surface area contributed by atoms with Crippen LogP contribution in [0.1, 0.15) is 32.1 Å². The van der Waals surface area contributed by atoms with E-state index < -0.39 is 0 Å². The summed E-state index contributed by atoms with van der Waals surface area (Å²) in [5.74, 6) is 0.849. The van der Waals surface area contributed by atoms with E-state index in [1.165, 1.54) is 45.2 Å². The Morgan fingerprint density at radius 2 is 2.20 bits per heavy atom. The van der Waals surface area contributed by atoms with Crippen molar-refractivity contribution in [2.75, 3.05) is 26.7 Å². The van der Waals surface area contributed by atoms with Gasteiger partial charge in [-0.1, -0.05) is 0 Å². The first-order valence-electron chi connectivity index (χ1n) is 6.18. The number of alkyl halides is 1. The van der Waals surface area contributed by atoms with Gasteiger partial charge in [-0.3, -0.25) is 0 Å². The highest BCUT2D eigenvalue weighted by atomic mass is 35.5. The predicted octanol–water partition coefficient (Wildman–Crippen LogP) is 2.50. The van der Waals surface area contributed by atoms with Crippen LogP contribution in [0.4, 0.5) is 0 Å². The molecule has 2 rings (SSSR count). The first-order valence-corrected chi connectivity index (χ1v) is 6.62. The smallest absolute Gasteiger partial charge is 0.0588 e. The molecule has 0 aromatic heterocycles. The molecule has 0 N–H and O–H groups in total. The maximum absolute atomic E-state index is 5.97. The zero-order chi connectivity index (χ0) is 10.7. The van der Waals surface area contributed by atoms with Gasteiger partial charge in [-0.15, -0.1) is 11.6 Å². The molecule has 0 aromatic carbocycles. The average Bonchev–Trinajstić information content (AvgIpc) is 2.65. The number of nitrogens with zero attached hydrogens (tertiary/aromatic N) is 1. The van der Waals surface area contributed by atoms with Crippen LogP contribution in [-0.4, -0.2) is 43.1 Å². The number of hydrogen-bond acceptors (Lipinski definition) is 2. The molecule has 0 spiro atoms. The van der Waals surface area contributed by atoms with Gasteiger partial charge in [0.1, 0.15) is 0 Å². The molecule has 1 heterocycles. The standard InChI is InChI=1S/C12H22ClNO/c1-14(9-10-7-11(13)8-10)5-4-12-3-2-6-15-12/h10-12H,2-9H2,1H3. The van der Waals surface area contributed by atoms with Crippen molar-refractivity contribution >= 4 is 11.6 Å². The fourth-order valence-corrected chi connectivity index (χ4v) is 3.08. The van der Waals surface area contributed by atoms with Crippen molar-refractivity contribution < 1.29 is 4.74 Å². The van der Waals surface area contributed by atoms with Crippen LogP contribution >= 0.6 is 11.6 Å². The molecule has 1 unspecified atom stereocenters. The van der Waals surface area contributed by atoms with Gasteiger partial charge in [-0.25, -0.2) is 0 Å². The fraction of sp³-hybridized carbons (Fsp3) is 1.00. The SMILES string of the molecule is CN(CCC1CCCO1)CC1CC(Cl)C1. The Hall–Kier alpha value is 0.210. The van der Waals surface area contributed by atoms with Crippen LogP contribution in [0.2, 0.25) is 0 Å². The van der Waals surface area contributed by atoms with E-state index in [9.17, 15) is 0 Å². The highest BCUT2D eigenvalue weighted by Crippen LogP contribution is 2.32. The molecule has 2 fully saturated rings. The van der Waals surface area contributed by atoms with Gasteiger partial charge < -0.3 is 9.64 Å². The molecule has 1 aliphatic carbocycles. The van der Waals surface area contributed by atoms with E-state index in [2.05, 4.69) is 11.9 Å². The Morgan fingerprint density at radius 1 is 1.40 bits per heavy atom. The van der Waals surface area contributed by atoms with Crippen molar-refractivity contribution in [2.45, 2.75) is 43.6 Å². The lowest BCUT2D eigenvalue weighted by Gasteiger charge is -2.34. The summed E-state index contributed by atoms with van der Waals surface area (Å²) in [6, 6.07) is 0. The second-order valence-electron chi connectivity index (χ2n) is 5.12. The van der Waals surface area contributed by atoms with Gasteiger partial charge in [0.25, 0.3) is 0 Å². The largest absolute Gasteiger partial charge is 0.378 e. The molecular formula is C12H22ClNO. The molecule has 3 heteroatoms. The van der Waals surface area contributed by atoms with Crippen LogP contribution < -0.4 is 0 Å². The molecule has 0 amide bonds. The molecule has 0 radical (unpaired) electrons. The van der Waals surface area contributed by atoms with Gasteiger partial charge in [0.2, 0.25) is 0 Å². The Morgan fingerprint density at radius 3 is 2.80 bits per heavy atom. The summed E-state index contributed by atoms with van der Waals surface area (Å²) in [5.41, 5.74) is 0. The molecule has 1 atom stereocenters. The molecular weight excluding hydrogens is 210 g/mol. The zero-order valence-corrected chi connectivity index (χ0v) is 10.4. The van der Waals surface area contributed by atoms with E-state index in [-0.39, 0.29) is 0 Å². The van der Waals surface area contributed by atoms with Gasteiger partial charge in [-0.05, 0) is 45.1 Å². The lowest BCUT2D eigenvalue weighted by Crippen LogP contribution is -2.35. The van der Waals surface area contributed by atoms with Gasteiger partial charge in [-0.2, -0.15) is 0 Å². The first-order chi connectivity index (χ1) is 7.24. The molecule has 15 heavy (non-hydrogen) atoms. The molecule has 88 valence electrons. The quantitative estimate of drug-likeness (QED) is 0.675. The van der Waals surface area contributed by atoms with E-state index in [1.54, 1.807) is 0 Å². The highest BCUT2D eigenvalue weighted by molar-refractivity contribution is 6.21. The van der Waals surface area contributed by atoms with E-state index in [0.717, 1.165) is 12.5 Å². The third-order valence-corrected chi connectivity index (χ3v) is 3.96. The summed E-state index contributed by atoms with van der Waals surface area (Å²) >= 11 is 5.97. The van der Waals surface area contributed by atoms with Crippen molar-refractivity contribution in [1.29, 1.82) is 0 Å². The van der Waals surface area contributed by atoms with Crippen molar-refractivity contribution in [3.8, 4) is 0 Å². The molecule has 2 nitrogen and oxygen atoms in total. The fourth-order valence-electron chi connectivity index (χ4n) is 2.57. The summed E-state index contributed by atoms with van der Waals surface area (Å²) in [7, 11) is 2.22. The minimum Gasteiger partial charge on any atom is -0.378 e. The second-order valence-corrected chi connectivity index (χ2v) is 5.74. The number of rotatable bonds is 5. The maximum Gasteiger partial charge on any atom is 0.0588 e. The Labute approximate surface area is 97.9 Å². The number of halogens is 1. The summed E-state index contributed by atoms with van der Waals surface area (Å²) in [6.07, 6.45) is 6.69. The summed E-state index contributed by atoms with van der Waals surface area (Å²) in [5, 5.41) is 0.460. The van der Waals surface area contributed by atoms with Gasteiger partial charge >= 0.3 is 0 Å². The lowest BCUT2D eigenvalue weighted by atomic mass is 9.84. The van der Waals surface area contributed by atoms with E-state index in [0.29, 0.717) is 11.5 Å². The predicted molar refractivity (Wildman–Crippen MR) is 63.5 cm³/mol. The van der Waals surface area contributed by atoms with Crippen LogP contribution in [0.5, 0.6) is 0 Å². The van der Waals surface area contributed by atoms with Crippen molar-refractivity contribution in [3.63, 3.8) is 0 Å². The second kappa shape index (κ2) is 5.51. The van der Waals surface area contributed by atoms with Crippen LogP contribution in [0.3, 0.4) is 0 Å². The molecule has 2 aliphatic rings. The third-order valence-electron chi connectivity index (χ3n) is 3.60. The normalized spacial score (nSPS) is 35.8. The van der Waals surface area contributed by atoms with Crippen LogP contribution in [-0.2, 0) is 4.74 Å². The van der Waals surface area contributed by atoms with Gasteiger partial charge in [0.15, 0.2) is 0 Å². The van der Waals surface area contributed by atoms with Crippen LogP contribution in [0.25, 0.3) is 0 Å². The Bertz CT molecular complexity index is 188. The number of ether oxygens (including phenoxy) is 1. The van der Waals surface area contributed by atoms with E-state index in [1.807, 2.05) is 0 Å². The summed E-state index contributed by atoms with van der Waals surface area (Å²) < 4.78 is 5.62. The molecule has 1 saturated heterocycles. The maximum atomic E-state index is 5.97.